The Balaban J connectivity index is 0.000000267. The molecule has 2 saturated heterocycles. The molecule has 2 heterocycles. The van der Waals surface area contributed by atoms with Crippen LogP contribution in [0.1, 0.15) is 48.6 Å². The second-order valence-electron chi connectivity index (χ2n) is 9.53. The van der Waals surface area contributed by atoms with Crippen LogP contribution in [-0.2, 0) is 29.8 Å². The first kappa shape index (κ1) is 33.7. The number of carbonyl (C=O) groups is 2. The number of nitrogens with zero attached hydrogens (tertiary/aromatic N) is 2. The first-order valence-corrected chi connectivity index (χ1v) is 15.6. The Morgan fingerprint density at radius 1 is 0.641 bits per heavy atom. The van der Waals surface area contributed by atoms with E-state index in [1.807, 2.05) is 60.7 Å². The van der Waals surface area contributed by atoms with Gasteiger partial charge >= 0.3 is 37.7 Å². The van der Waals surface area contributed by atoms with Crippen molar-refractivity contribution in [2.45, 2.75) is 37.5 Å². The van der Waals surface area contributed by atoms with Crippen LogP contribution in [-0.4, -0.2) is 123 Å². The Labute approximate surface area is 260 Å². The molecule has 2 amide bonds. The van der Waals surface area contributed by atoms with Crippen molar-refractivity contribution < 1.29 is 35.5 Å². The third kappa shape index (κ3) is 11.8. The molecule has 2 aliphatic heterocycles. The molecule has 13 heteroatoms. The van der Waals surface area contributed by atoms with Gasteiger partial charge in [-0.25, -0.2) is 16.8 Å². The fourth-order valence-electron chi connectivity index (χ4n) is 4.74. The molecule has 2 unspecified atom stereocenters. The molecule has 0 aliphatic carbocycles. The van der Waals surface area contributed by atoms with Crippen molar-refractivity contribution in [3.05, 3.63) is 71.8 Å². The van der Waals surface area contributed by atoms with Gasteiger partial charge < -0.3 is 18.9 Å². The van der Waals surface area contributed by atoms with Crippen LogP contribution in [0.25, 0.3) is 0 Å². The molecule has 2 aromatic rings. The van der Waals surface area contributed by atoms with Gasteiger partial charge in [0, 0.05) is 62.4 Å². The molecule has 208 valence electrons. The quantitative estimate of drug-likeness (QED) is 0.292. The van der Waals surface area contributed by atoms with E-state index in [0.717, 1.165) is 11.1 Å². The van der Waals surface area contributed by atoms with E-state index in [4.69, 9.17) is 0 Å². The number of hydrogen-bond acceptors (Lipinski definition) is 8. The van der Waals surface area contributed by atoms with Crippen molar-refractivity contribution in [3.63, 3.8) is 0 Å². The van der Waals surface area contributed by atoms with Crippen molar-refractivity contribution in [2.75, 3.05) is 37.7 Å². The zero-order valence-electron chi connectivity index (χ0n) is 21.7. The molecular formula is C26H32CaN2O8S2. The fourth-order valence-corrected chi connectivity index (χ4v) is 5.70. The van der Waals surface area contributed by atoms with Crippen LogP contribution in [0.5, 0.6) is 0 Å². The number of carbonyl (C=O) groups excluding carboxylic acids is 2. The van der Waals surface area contributed by atoms with Crippen molar-refractivity contribution in [1.82, 2.24) is 9.80 Å². The summed E-state index contributed by atoms with van der Waals surface area (Å²) in [5.74, 6) is -0.441. The third-order valence-corrected chi connectivity index (χ3v) is 8.19. The van der Waals surface area contributed by atoms with Crippen molar-refractivity contribution >= 4 is 69.8 Å². The van der Waals surface area contributed by atoms with Gasteiger partial charge in [0.2, 0.25) is 11.8 Å². The Hall–Kier alpha value is -1.54. The first-order chi connectivity index (χ1) is 17.9. The van der Waals surface area contributed by atoms with Crippen LogP contribution in [0.2, 0.25) is 0 Å². The molecule has 4 rings (SSSR count). The van der Waals surface area contributed by atoms with E-state index in [0.29, 0.717) is 39.0 Å². The number of rotatable bonds is 10. The molecule has 0 spiro atoms. The van der Waals surface area contributed by atoms with Gasteiger partial charge in [-0.05, 0) is 24.0 Å². The summed E-state index contributed by atoms with van der Waals surface area (Å²) >= 11 is 0. The topological polar surface area (TPSA) is 155 Å². The summed E-state index contributed by atoms with van der Waals surface area (Å²) in [6.07, 6.45) is 1.32. The van der Waals surface area contributed by atoms with E-state index in [9.17, 15) is 35.5 Å². The second kappa shape index (κ2) is 15.5. The average Bonchev–Trinajstić information content (AvgIpc) is 3.41. The Morgan fingerprint density at radius 3 is 1.28 bits per heavy atom. The second-order valence-corrected chi connectivity index (χ2v) is 12.6. The Bertz CT molecular complexity index is 1190. The molecule has 0 bridgehead atoms. The van der Waals surface area contributed by atoms with Crippen LogP contribution in [0.15, 0.2) is 60.7 Å². The summed E-state index contributed by atoms with van der Waals surface area (Å²) in [5, 5.41) is 0. The van der Waals surface area contributed by atoms with E-state index in [-0.39, 0.29) is 74.2 Å². The van der Waals surface area contributed by atoms with Gasteiger partial charge in [0.25, 0.3) is 0 Å². The van der Waals surface area contributed by atoms with Gasteiger partial charge in [0.05, 0.1) is 20.2 Å². The molecule has 0 radical (unpaired) electrons. The summed E-state index contributed by atoms with van der Waals surface area (Å²) in [4.78, 5) is 26.9. The predicted octanol–water partition coefficient (Wildman–Crippen LogP) is 1.49. The fraction of sp³-hybridized carbons (Fsp3) is 0.462. The number of amides is 2. The van der Waals surface area contributed by atoms with Gasteiger partial charge in [-0.15, -0.1) is 0 Å². The van der Waals surface area contributed by atoms with Gasteiger partial charge in [0.1, 0.15) is 0 Å². The minimum Gasteiger partial charge on any atom is -0.748 e. The summed E-state index contributed by atoms with van der Waals surface area (Å²) < 4.78 is 63.1. The van der Waals surface area contributed by atoms with Crippen LogP contribution < -0.4 is 0 Å². The third-order valence-electron chi connectivity index (χ3n) is 6.62. The maximum Gasteiger partial charge on any atom is 2.00 e. The van der Waals surface area contributed by atoms with Gasteiger partial charge in [-0.3, -0.25) is 9.59 Å². The van der Waals surface area contributed by atoms with Crippen LogP contribution in [0.4, 0.5) is 0 Å². The molecule has 2 aromatic carbocycles. The zero-order chi connectivity index (χ0) is 27.8. The number of benzene rings is 2. The predicted molar refractivity (Wildman–Crippen MR) is 145 cm³/mol. The molecular weight excluding hydrogens is 573 g/mol. The minimum atomic E-state index is -4.19. The molecule has 2 aliphatic rings. The Kier molecular flexibility index (Phi) is 13.3. The van der Waals surface area contributed by atoms with Crippen LogP contribution in [0, 0.1) is 0 Å². The van der Waals surface area contributed by atoms with E-state index in [1.165, 1.54) is 0 Å². The summed E-state index contributed by atoms with van der Waals surface area (Å²) in [7, 11) is -8.37. The summed E-state index contributed by atoms with van der Waals surface area (Å²) in [6.45, 7) is 1.87. The normalized spacial score (nSPS) is 19.4. The summed E-state index contributed by atoms with van der Waals surface area (Å²) in [5.41, 5.74) is 2.24. The van der Waals surface area contributed by atoms with Gasteiger partial charge in [-0.1, -0.05) is 60.7 Å². The zero-order valence-corrected chi connectivity index (χ0v) is 25.5. The van der Waals surface area contributed by atoms with Crippen LogP contribution in [0.3, 0.4) is 0 Å². The number of hydrogen-bond donors (Lipinski definition) is 0. The molecule has 2 fully saturated rings. The van der Waals surface area contributed by atoms with Crippen molar-refractivity contribution in [2.24, 2.45) is 0 Å². The average molecular weight is 605 g/mol. The SMILES string of the molecule is O=C1CC(c2ccccc2)CN1CCCS(=O)(=O)[O-].O=C1CC(c2ccccc2)CN1CCCS(=O)(=O)[O-].[Ca+2]. The smallest absolute Gasteiger partial charge is 0.748 e. The molecule has 0 saturated carbocycles. The largest absolute Gasteiger partial charge is 2.00 e. The molecule has 0 N–H and O–H groups in total. The van der Waals surface area contributed by atoms with Gasteiger partial charge in [-0.2, -0.15) is 0 Å². The molecule has 10 nitrogen and oxygen atoms in total. The maximum absolute atomic E-state index is 11.8. The monoisotopic (exact) mass is 604 g/mol. The molecule has 2 atom stereocenters. The van der Waals surface area contributed by atoms with Crippen LogP contribution >= 0.6 is 0 Å². The maximum atomic E-state index is 11.8. The first-order valence-electron chi connectivity index (χ1n) is 12.4. The minimum absolute atomic E-state index is 0. The van der Waals surface area contributed by atoms with E-state index >= 15 is 0 Å². The number of likely N-dealkylation sites (tertiary alicyclic amines) is 2. The standard InChI is InChI=1S/2C13H17NO4S.Ca/c2*15-13-9-12(11-5-2-1-3-6-11)10-14(13)7-4-8-19(16,17)18;/h2*1-3,5-6,12H,4,7-10H2,(H,16,17,18);/q;;+2/p-2. The van der Waals surface area contributed by atoms with Crippen molar-refractivity contribution in [1.29, 1.82) is 0 Å². The van der Waals surface area contributed by atoms with Gasteiger partial charge in [0.15, 0.2) is 0 Å². The van der Waals surface area contributed by atoms with E-state index in [1.54, 1.807) is 9.80 Å². The van der Waals surface area contributed by atoms with E-state index < -0.39 is 31.7 Å². The summed E-state index contributed by atoms with van der Waals surface area (Å²) in [6, 6.07) is 19.6. The Morgan fingerprint density at radius 2 is 0.974 bits per heavy atom. The molecule has 0 aromatic heterocycles. The van der Waals surface area contributed by atoms with Crippen molar-refractivity contribution in [3.8, 4) is 0 Å². The van der Waals surface area contributed by atoms with E-state index in [2.05, 4.69) is 0 Å². The molecule has 39 heavy (non-hydrogen) atoms.